The van der Waals surface area contributed by atoms with Crippen molar-refractivity contribution in [2.45, 2.75) is 0 Å². The molecule has 0 spiro atoms. The summed E-state index contributed by atoms with van der Waals surface area (Å²) < 4.78 is 10.7. The molecule has 8 nitrogen and oxygen atoms in total. The Bertz CT molecular complexity index is 1270. The van der Waals surface area contributed by atoms with Gasteiger partial charge in [-0.2, -0.15) is 0 Å². The number of para-hydroxylation sites is 3. The van der Waals surface area contributed by atoms with Crippen molar-refractivity contribution >= 4 is 38.8 Å². The number of nitrogens with zero attached hydrogens (tertiary/aromatic N) is 4. The van der Waals surface area contributed by atoms with Gasteiger partial charge in [0.05, 0.1) is 29.7 Å². The van der Waals surface area contributed by atoms with E-state index in [1.54, 1.807) is 36.8 Å². The fourth-order valence-electron chi connectivity index (χ4n) is 2.75. The molecule has 9 heteroatoms. The summed E-state index contributed by atoms with van der Waals surface area (Å²) in [7, 11) is 1.60. The summed E-state index contributed by atoms with van der Waals surface area (Å²) in [6, 6.07) is 14.3. The number of benzene rings is 2. The zero-order valence-corrected chi connectivity index (χ0v) is 15.4. The van der Waals surface area contributed by atoms with Gasteiger partial charge >= 0.3 is 5.63 Å². The number of fused-ring (bicyclic) bond motifs is 1. The molecule has 1 N–H and O–H groups in total. The minimum absolute atomic E-state index is 0.247. The standard InChI is InChI=1S/C19H13N5O3S/c1-26-16-8-3-2-6-13(16)21-19-22-15(10-28-19)12-9-11-5-4-7-14(23-24-20)17(11)27-18(12)25/h2-10H,1H3,(H,21,22). The van der Waals surface area contributed by atoms with Crippen molar-refractivity contribution in [1.82, 2.24) is 4.98 Å². The number of methoxy groups -OCH3 is 1. The van der Waals surface area contributed by atoms with E-state index >= 15 is 0 Å². The van der Waals surface area contributed by atoms with Crippen molar-refractivity contribution in [2.75, 3.05) is 12.4 Å². The normalized spacial score (nSPS) is 10.5. The van der Waals surface area contributed by atoms with Gasteiger partial charge in [-0.25, -0.2) is 9.78 Å². The number of azide groups is 1. The molecule has 0 atom stereocenters. The number of hydrogen-bond donors (Lipinski definition) is 1. The third-order valence-electron chi connectivity index (χ3n) is 4.02. The molecule has 28 heavy (non-hydrogen) atoms. The highest BCUT2D eigenvalue weighted by atomic mass is 32.1. The van der Waals surface area contributed by atoms with Crippen LogP contribution < -0.4 is 15.7 Å². The molecular formula is C19H13N5O3S. The molecule has 0 aliphatic carbocycles. The Hall–Kier alpha value is -3.81. The molecular weight excluding hydrogens is 378 g/mol. The van der Waals surface area contributed by atoms with E-state index < -0.39 is 5.63 Å². The van der Waals surface area contributed by atoms with Crippen LogP contribution in [0.3, 0.4) is 0 Å². The Morgan fingerprint density at radius 2 is 2.11 bits per heavy atom. The van der Waals surface area contributed by atoms with Crippen LogP contribution in [0.25, 0.3) is 32.7 Å². The highest BCUT2D eigenvalue weighted by Gasteiger charge is 2.14. The molecule has 0 aliphatic heterocycles. The number of aromatic nitrogens is 1. The number of rotatable bonds is 5. The monoisotopic (exact) mass is 391 g/mol. The maximum Gasteiger partial charge on any atom is 0.345 e. The predicted molar refractivity (Wildman–Crippen MR) is 109 cm³/mol. The molecule has 0 aliphatic rings. The van der Waals surface area contributed by atoms with Crippen molar-refractivity contribution in [3.63, 3.8) is 0 Å². The Kier molecular flexibility index (Phi) is 4.67. The van der Waals surface area contributed by atoms with E-state index in [4.69, 9.17) is 14.7 Å². The Labute approximate surface area is 162 Å². The molecule has 0 unspecified atom stereocenters. The second-order valence-electron chi connectivity index (χ2n) is 5.70. The van der Waals surface area contributed by atoms with Crippen molar-refractivity contribution < 1.29 is 9.15 Å². The molecule has 0 saturated heterocycles. The lowest BCUT2D eigenvalue weighted by Gasteiger charge is -2.08. The number of ether oxygens (including phenoxy) is 1. The largest absolute Gasteiger partial charge is 0.495 e. The van der Waals surface area contributed by atoms with Gasteiger partial charge in [-0.05, 0) is 29.8 Å². The van der Waals surface area contributed by atoms with Gasteiger partial charge in [-0.15, -0.1) is 11.3 Å². The van der Waals surface area contributed by atoms with Gasteiger partial charge in [-0.3, -0.25) is 0 Å². The fraction of sp³-hybridized carbons (Fsp3) is 0.0526. The summed E-state index contributed by atoms with van der Waals surface area (Å²) in [6.07, 6.45) is 0. The van der Waals surface area contributed by atoms with Crippen LogP contribution in [0.1, 0.15) is 0 Å². The lowest BCUT2D eigenvalue weighted by Crippen LogP contribution is -2.03. The van der Waals surface area contributed by atoms with E-state index in [2.05, 4.69) is 20.3 Å². The summed E-state index contributed by atoms with van der Waals surface area (Å²) in [5.74, 6) is 0.690. The summed E-state index contributed by atoms with van der Waals surface area (Å²) in [5.41, 5.74) is 10.2. The van der Waals surface area contributed by atoms with E-state index in [1.807, 2.05) is 24.3 Å². The molecule has 2 aromatic carbocycles. The SMILES string of the molecule is COc1ccccc1Nc1nc(-c2cc3cccc(N=[N+]=[N-])c3oc2=O)cs1. The molecule has 0 amide bonds. The highest BCUT2D eigenvalue weighted by molar-refractivity contribution is 7.14. The molecule has 0 saturated carbocycles. The van der Waals surface area contributed by atoms with E-state index in [1.165, 1.54) is 11.3 Å². The van der Waals surface area contributed by atoms with E-state index in [9.17, 15) is 4.79 Å². The van der Waals surface area contributed by atoms with Gasteiger partial charge in [0.1, 0.15) is 11.3 Å². The number of anilines is 2. The summed E-state index contributed by atoms with van der Waals surface area (Å²) in [6.45, 7) is 0. The fourth-order valence-corrected chi connectivity index (χ4v) is 3.48. The van der Waals surface area contributed by atoms with E-state index in [-0.39, 0.29) is 11.3 Å². The molecule has 138 valence electrons. The van der Waals surface area contributed by atoms with Crippen molar-refractivity contribution in [3.8, 4) is 17.0 Å². The third kappa shape index (κ3) is 3.27. The Morgan fingerprint density at radius 3 is 2.93 bits per heavy atom. The van der Waals surface area contributed by atoms with Gasteiger partial charge in [-0.1, -0.05) is 29.4 Å². The Balaban J connectivity index is 1.72. The summed E-state index contributed by atoms with van der Waals surface area (Å²) in [5, 5.41) is 9.78. The first-order chi connectivity index (χ1) is 13.7. The lowest BCUT2D eigenvalue weighted by molar-refractivity contribution is 0.417. The molecule has 0 radical (unpaired) electrons. The zero-order chi connectivity index (χ0) is 19.5. The van der Waals surface area contributed by atoms with Crippen LogP contribution in [0.2, 0.25) is 0 Å². The van der Waals surface area contributed by atoms with Crippen LogP contribution in [0, 0.1) is 0 Å². The average molecular weight is 391 g/mol. The van der Waals surface area contributed by atoms with Gasteiger partial charge in [0.15, 0.2) is 5.13 Å². The zero-order valence-electron chi connectivity index (χ0n) is 14.6. The predicted octanol–water partition coefficient (Wildman–Crippen LogP) is 5.61. The Morgan fingerprint density at radius 1 is 1.25 bits per heavy atom. The maximum atomic E-state index is 12.5. The molecule has 2 aromatic heterocycles. The number of thiazole rings is 1. The van der Waals surface area contributed by atoms with Crippen LogP contribution in [-0.4, -0.2) is 12.1 Å². The average Bonchev–Trinajstić information content (AvgIpc) is 3.17. The first kappa shape index (κ1) is 17.6. The first-order valence-electron chi connectivity index (χ1n) is 8.17. The van der Waals surface area contributed by atoms with Crippen molar-refractivity contribution in [1.29, 1.82) is 0 Å². The van der Waals surface area contributed by atoms with E-state index in [0.29, 0.717) is 27.5 Å². The number of hydrogen-bond acceptors (Lipinski definition) is 7. The second kappa shape index (κ2) is 7.43. The number of nitrogens with one attached hydrogen (secondary N) is 1. The summed E-state index contributed by atoms with van der Waals surface area (Å²) in [4.78, 5) is 19.7. The van der Waals surface area contributed by atoms with Crippen molar-refractivity contribution in [3.05, 3.63) is 74.8 Å². The van der Waals surface area contributed by atoms with Crippen LogP contribution >= 0.6 is 11.3 Å². The van der Waals surface area contributed by atoms with Gasteiger partial charge in [0, 0.05) is 15.7 Å². The molecule has 4 aromatic rings. The van der Waals surface area contributed by atoms with Crippen LogP contribution in [0.5, 0.6) is 5.75 Å². The highest BCUT2D eigenvalue weighted by Crippen LogP contribution is 2.32. The van der Waals surface area contributed by atoms with Gasteiger partial charge in [0.2, 0.25) is 0 Å². The van der Waals surface area contributed by atoms with Crippen LogP contribution in [0.4, 0.5) is 16.5 Å². The minimum atomic E-state index is -0.553. The van der Waals surface area contributed by atoms with Crippen LogP contribution in [0.15, 0.2) is 68.2 Å². The van der Waals surface area contributed by atoms with Crippen molar-refractivity contribution in [2.24, 2.45) is 5.11 Å². The minimum Gasteiger partial charge on any atom is -0.495 e. The molecule has 0 bridgehead atoms. The quantitative estimate of drug-likeness (QED) is 0.205. The maximum absolute atomic E-state index is 12.5. The molecule has 2 heterocycles. The van der Waals surface area contributed by atoms with Gasteiger partial charge in [0.25, 0.3) is 0 Å². The molecule has 4 rings (SSSR count). The summed E-state index contributed by atoms with van der Waals surface area (Å²) >= 11 is 1.36. The van der Waals surface area contributed by atoms with Crippen LogP contribution in [-0.2, 0) is 0 Å². The van der Waals surface area contributed by atoms with Gasteiger partial charge < -0.3 is 14.5 Å². The smallest absolute Gasteiger partial charge is 0.345 e. The van der Waals surface area contributed by atoms with E-state index in [0.717, 1.165) is 5.69 Å². The third-order valence-corrected chi connectivity index (χ3v) is 4.78. The first-order valence-corrected chi connectivity index (χ1v) is 9.05. The topological polar surface area (TPSA) is 113 Å². The second-order valence-corrected chi connectivity index (χ2v) is 6.55. The lowest BCUT2D eigenvalue weighted by atomic mass is 10.1. The molecule has 0 fully saturated rings.